The fourth-order valence-electron chi connectivity index (χ4n) is 3.51. The van der Waals surface area contributed by atoms with Gasteiger partial charge in [0.05, 0.1) is 6.61 Å². The van der Waals surface area contributed by atoms with Crippen LogP contribution in [0.15, 0.2) is 97.1 Å². The first kappa shape index (κ1) is 20.3. The molecule has 1 nitrogen and oxygen atoms in total. The molecule has 0 amide bonds. The predicted octanol–water partition coefficient (Wildman–Crippen LogP) is 8.60. The molecule has 0 radical (unpaired) electrons. The van der Waals surface area contributed by atoms with Crippen molar-refractivity contribution in [1.29, 1.82) is 0 Å². The van der Waals surface area contributed by atoms with Crippen LogP contribution in [0.4, 0.5) is 0 Å². The molecule has 2 heteroatoms. The molecule has 0 N–H and O–H groups in total. The molecule has 0 atom stereocenters. The highest BCUT2D eigenvalue weighted by molar-refractivity contribution is 7.18. The molecule has 4 rings (SSSR count). The molecule has 0 fully saturated rings. The summed E-state index contributed by atoms with van der Waals surface area (Å²) in [6, 6.07) is 34.2. The second kappa shape index (κ2) is 10.2. The van der Waals surface area contributed by atoms with Crippen molar-refractivity contribution in [3.63, 3.8) is 0 Å². The fraction of sp³-hybridized carbons (Fsp3) is 0.179. The van der Waals surface area contributed by atoms with Gasteiger partial charge in [-0.15, -0.1) is 0 Å². The zero-order valence-electron chi connectivity index (χ0n) is 17.4. The summed E-state index contributed by atoms with van der Waals surface area (Å²) < 4.78 is 6.19. The van der Waals surface area contributed by atoms with Crippen LogP contribution in [0.2, 0.25) is 0 Å². The summed E-state index contributed by atoms with van der Waals surface area (Å²) in [5.74, 6) is 0.961. The van der Waals surface area contributed by atoms with Crippen molar-refractivity contribution in [3.8, 4) is 37.8 Å². The van der Waals surface area contributed by atoms with Crippen molar-refractivity contribution in [1.82, 2.24) is 0 Å². The SMILES string of the molecule is CCCCCOc1ccccc1-c1cc(-c2ccccc2)[s+]c(-c2ccccc2)c1. The predicted molar refractivity (Wildman–Crippen MR) is 130 cm³/mol. The first-order chi connectivity index (χ1) is 14.8. The number of hydrogen-bond acceptors (Lipinski definition) is 1. The Morgan fingerprint density at radius 1 is 0.633 bits per heavy atom. The quantitative estimate of drug-likeness (QED) is 0.208. The summed E-state index contributed by atoms with van der Waals surface area (Å²) >= 11 is 1.83. The average Bonchev–Trinajstić information content (AvgIpc) is 2.83. The van der Waals surface area contributed by atoms with Gasteiger partial charge in [-0.1, -0.05) is 74.4 Å². The molecule has 30 heavy (non-hydrogen) atoms. The van der Waals surface area contributed by atoms with Crippen LogP contribution in [0.3, 0.4) is 0 Å². The van der Waals surface area contributed by atoms with Gasteiger partial charge in [0.25, 0.3) is 0 Å². The van der Waals surface area contributed by atoms with Crippen LogP contribution in [0.1, 0.15) is 26.2 Å². The fourth-order valence-corrected chi connectivity index (χ4v) is 4.63. The van der Waals surface area contributed by atoms with Gasteiger partial charge in [-0.25, -0.2) is 0 Å². The topological polar surface area (TPSA) is 9.23 Å². The summed E-state index contributed by atoms with van der Waals surface area (Å²) in [5, 5.41) is 0. The normalized spacial score (nSPS) is 10.7. The standard InChI is InChI=1S/C28H27OS/c1-2-3-12-19-29-26-18-11-10-17-25(26)24-20-27(22-13-6-4-7-14-22)30-28(21-24)23-15-8-5-9-16-23/h4-11,13-18,20-21H,2-3,12,19H2,1H3/q+1. The molecular weight excluding hydrogens is 384 g/mol. The highest BCUT2D eigenvalue weighted by Gasteiger charge is 2.20. The monoisotopic (exact) mass is 411 g/mol. The van der Waals surface area contributed by atoms with Gasteiger partial charge in [0.2, 0.25) is 21.1 Å². The van der Waals surface area contributed by atoms with Gasteiger partial charge in [-0.2, -0.15) is 0 Å². The maximum absolute atomic E-state index is 6.19. The lowest BCUT2D eigenvalue weighted by Gasteiger charge is -2.11. The second-order valence-corrected chi connectivity index (χ2v) is 8.44. The molecule has 0 saturated heterocycles. The highest BCUT2D eigenvalue weighted by atomic mass is 32.1. The van der Waals surface area contributed by atoms with E-state index in [1.807, 2.05) is 11.3 Å². The summed E-state index contributed by atoms with van der Waals surface area (Å²) in [6.07, 6.45) is 3.49. The lowest BCUT2D eigenvalue weighted by molar-refractivity contribution is 0.307. The number of unbranched alkanes of at least 4 members (excludes halogenated alkanes) is 2. The van der Waals surface area contributed by atoms with E-state index in [1.54, 1.807) is 0 Å². The maximum atomic E-state index is 6.19. The van der Waals surface area contributed by atoms with E-state index in [0.29, 0.717) is 0 Å². The zero-order valence-corrected chi connectivity index (χ0v) is 18.2. The van der Waals surface area contributed by atoms with E-state index >= 15 is 0 Å². The van der Waals surface area contributed by atoms with Crippen molar-refractivity contribution in [2.75, 3.05) is 6.61 Å². The molecule has 0 spiro atoms. The first-order valence-corrected chi connectivity index (χ1v) is 11.5. The smallest absolute Gasteiger partial charge is 0.239 e. The minimum absolute atomic E-state index is 0.761. The number of ether oxygens (including phenoxy) is 1. The van der Waals surface area contributed by atoms with E-state index < -0.39 is 0 Å². The minimum Gasteiger partial charge on any atom is -0.493 e. The van der Waals surface area contributed by atoms with Crippen LogP contribution in [0.25, 0.3) is 32.0 Å². The van der Waals surface area contributed by atoms with E-state index in [9.17, 15) is 0 Å². The molecular formula is C28H27OS+. The van der Waals surface area contributed by atoms with Crippen LogP contribution in [0, 0.1) is 0 Å². The summed E-state index contributed by atoms with van der Waals surface area (Å²) in [4.78, 5) is 2.51. The molecule has 1 aromatic heterocycles. The molecule has 0 unspecified atom stereocenters. The van der Waals surface area contributed by atoms with E-state index in [0.717, 1.165) is 24.3 Å². The van der Waals surface area contributed by atoms with Crippen LogP contribution >= 0.6 is 11.3 Å². The third-order valence-corrected chi connectivity index (χ3v) is 6.26. The Kier molecular flexibility index (Phi) is 6.89. The Balaban J connectivity index is 1.78. The number of hydrogen-bond donors (Lipinski definition) is 0. The molecule has 0 aliphatic heterocycles. The lowest BCUT2D eigenvalue weighted by atomic mass is 10.0. The van der Waals surface area contributed by atoms with Crippen molar-refractivity contribution >= 4 is 11.3 Å². The van der Waals surface area contributed by atoms with E-state index in [1.165, 1.54) is 39.3 Å². The summed E-state index contributed by atoms with van der Waals surface area (Å²) in [5.41, 5.74) is 4.82. The number of para-hydroxylation sites is 1. The summed E-state index contributed by atoms with van der Waals surface area (Å²) in [7, 11) is 0. The van der Waals surface area contributed by atoms with Gasteiger partial charge >= 0.3 is 0 Å². The lowest BCUT2D eigenvalue weighted by Crippen LogP contribution is -1.98. The van der Waals surface area contributed by atoms with Gasteiger partial charge < -0.3 is 4.74 Å². The minimum atomic E-state index is 0.761. The molecule has 0 bridgehead atoms. The van der Waals surface area contributed by atoms with Crippen LogP contribution in [-0.2, 0) is 0 Å². The molecule has 0 aliphatic carbocycles. The first-order valence-electron chi connectivity index (χ1n) is 10.7. The second-order valence-electron chi connectivity index (χ2n) is 7.36. The largest absolute Gasteiger partial charge is 0.493 e. The van der Waals surface area contributed by atoms with Crippen LogP contribution < -0.4 is 4.74 Å². The number of benzene rings is 3. The van der Waals surface area contributed by atoms with E-state index in [4.69, 9.17) is 4.74 Å². The van der Waals surface area contributed by atoms with Gasteiger partial charge in [0.15, 0.2) is 0 Å². The molecule has 150 valence electrons. The Morgan fingerprint density at radius 2 is 1.20 bits per heavy atom. The molecule has 1 heterocycles. The molecule has 3 aromatic carbocycles. The average molecular weight is 412 g/mol. The van der Waals surface area contributed by atoms with Crippen LogP contribution in [0.5, 0.6) is 5.75 Å². The number of rotatable bonds is 8. The Morgan fingerprint density at radius 3 is 1.80 bits per heavy atom. The van der Waals surface area contributed by atoms with E-state index in [2.05, 4.69) is 104 Å². The third kappa shape index (κ3) is 4.95. The molecule has 4 aromatic rings. The van der Waals surface area contributed by atoms with Crippen molar-refractivity contribution in [2.24, 2.45) is 0 Å². The zero-order chi connectivity index (χ0) is 20.6. The van der Waals surface area contributed by atoms with Crippen molar-refractivity contribution in [3.05, 3.63) is 97.1 Å². The third-order valence-electron chi connectivity index (χ3n) is 5.11. The molecule has 0 aliphatic rings. The Labute approximate surface area is 183 Å². The van der Waals surface area contributed by atoms with Gasteiger partial charge in [-0.3, -0.25) is 0 Å². The highest BCUT2D eigenvalue weighted by Crippen LogP contribution is 2.39. The van der Waals surface area contributed by atoms with Crippen LogP contribution in [-0.4, -0.2) is 6.61 Å². The van der Waals surface area contributed by atoms with Crippen molar-refractivity contribution < 1.29 is 4.74 Å². The van der Waals surface area contributed by atoms with Gasteiger partial charge in [-0.05, 0) is 42.3 Å². The van der Waals surface area contributed by atoms with E-state index in [-0.39, 0.29) is 0 Å². The van der Waals surface area contributed by atoms with Crippen molar-refractivity contribution in [2.45, 2.75) is 26.2 Å². The van der Waals surface area contributed by atoms with Gasteiger partial charge in [0.1, 0.15) is 5.75 Å². The molecule has 0 saturated carbocycles. The maximum Gasteiger partial charge on any atom is 0.239 e. The van der Waals surface area contributed by atoms with Gasteiger partial charge in [0, 0.05) is 28.8 Å². The Hall–Kier alpha value is -2.97. The summed E-state index contributed by atoms with van der Waals surface area (Å²) in [6.45, 7) is 2.98. The Bertz CT molecular complexity index is 1020.